The van der Waals surface area contributed by atoms with Crippen molar-refractivity contribution in [1.82, 2.24) is 5.32 Å². The summed E-state index contributed by atoms with van der Waals surface area (Å²) in [6.07, 6.45) is 6.81. The molecule has 1 saturated carbocycles. The number of benzene rings is 1. The lowest BCUT2D eigenvalue weighted by Gasteiger charge is -2.13. The summed E-state index contributed by atoms with van der Waals surface area (Å²) in [5.74, 6) is 0.829. The first-order valence-corrected chi connectivity index (χ1v) is 6.81. The fraction of sp³-hybridized carbons (Fsp3) is 0.438. The SMILES string of the molecule is C=Cc1ccc(CC(=O)NC2CCCC2)c(OC)c1. The van der Waals surface area contributed by atoms with Crippen LogP contribution in [0, 0.1) is 0 Å². The van der Waals surface area contributed by atoms with Crippen molar-refractivity contribution in [1.29, 1.82) is 0 Å². The molecule has 0 bridgehead atoms. The van der Waals surface area contributed by atoms with Gasteiger partial charge in [0.15, 0.2) is 0 Å². The Hall–Kier alpha value is -1.77. The second-order valence-electron chi connectivity index (χ2n) is 5.00. The van der Waals surface area contributed by atoms with E-state index >= 15 is 0 Å². The monoisotopic (exact) mass is 259 g/mol. The maximum absolute atomic E-state index is 12.0. The molecule has 19 heavy (non-hydrogen) atoms. The Labute approximate surface area is 114 Å². The standard InChI is InChI=1S/C16H21NO2/c1-3-12-8-9-13(15(10-12)19-2)11-16(18)17-14-6-4-5-7-14/h3,8-10,14H,1,4-7,11H2,2H3,(H,17,18). The van der Waals surface area contributed by atoms with E-state index in [0.29, 0.717) is 12.5 Å². The third kappa shape index (κ3) is 3.60. The Balaban J connectivity index is 2.01. The van der Waals surface area contributed by atoms with E-state index < -0.39 is 0 Å². The summed E-state index contributed by atoms with van der Waals surface area (Å²) in [7, 11) is 1.63. The van der Waals surface area contributed by atoms with Crippen molar-refractivity contribution < 1.29 is 9.53 Å². The van der Waals surface area contributed by atoms with Crippen LogP contribution < -0.4 is 10.1 Å². The van der Waals surface area contributed by atoms with E-state index in [2.05, 4.69) is 11.9 Å². The van der Waals surface area contributed by atoms with E-state index in [1.165, 1.54) is 12.8 Å². The Morgan fingerprint density at radius 3 is 2.84 bits per heavy atom. The van der Waals surface area contributed by atoms with Gasteiger partial charge in [0.05, 0.1) is 13.5 Å². The first-order valence-electron chi connectivity index (χ1n) is 6.81. The molecule has 0 radical (unpaired) electrons. The van der Waals surface area contributed by atoms with Gasteiger partial charge in [-0.3, -0.25) is 4.79 Å². The van der Waals surface area contributed by atoms with Crippen molar-refractivity contribution in [2.45, 2.75) is 38.1 Å². The number of hydrogen-bond acceptors (Lipinski definition) is 2. The number of nitrogens with one attached hydrogen (secondary N) is 1. The third-order valence-electron chi connectivity index (χ3n) is 3.62. The minimum atomic E-state index is 0.0801. The Bertz CT molecular complexity index is 462. The van der Waals surface area contributed by atoms with Gasteiger partial charge in [0.1, 0.15) is 5.75 Å². The van der Waals surface area contributed by atoms with Crippen molar-refractivity contribution >= 4 is 12.0 Å². The average molecular weight is 259 g/mol. The van der Waals surface area contributed by atoms with Gasteiger partial charge in [-0.1, -0.05) is 37.6 Å². The molecule has 0 spiro atoms. The zero-order valence-corrected chi connectivity index (χ0v) is 11.4. The van der Waals surface area contributed by atoms with Crippen molar-refractivity contribution in [2.24, 2.45) is 0 Å². The second kappa shape index (κ2) is 6.41. The Kier molecular flexibility index (Phi) is 4.61. The Morgan fingerprint density at radius 1 is 1.47 bits per heavy atom. The molecular formula is C16H21NO2. The molecule has 0 heterocycles. The van der Waals surface area contributed by atoms with Crippen LogP contribution >= 0.6 is 0 Å². The van der Waals surface area contributed by atoms with E-state index in [1.807, 2.05) is 18.2 Å². The smallest absolute Gasteiger partial charge is 0.224 e. The number of carbonyl (C=O) groups is 1. The van der Waals surface area contributed by atoms with Gasteiger partial charge in [-0.2, -0.15) is 0 Å². The predicted molar refractivity (Wildman–Crippen MR) is 77.2 cm³/mol. The van der Waals surface area contributed by atoms with Gasteiger partial charge >= 0.3 is 0 Å². The number of carbonyl (C=O) groups excluding carboxylic acids is 1. The van der Waals surface area contributed by atoms with Gasteiger partial charge in [0.25, 0.3) is 0 Å². The highest BCUT2D eigenvalue weighted by Crippen LogP contribution is 2.22. The maximum atomic E-state index is 12.0. The fourth-order valence-electron chi connectivity index (χ4n) is 2.56. The van der Waals surface area contributed by atoms with Gasteiger partial charge in [0, 0.05) is 11.6 Å². The summed E-state index contributed by atoms with van der Waals surface area (Å²) in [4.78, 5) is 12.0. The summed E-state index contributed by atoms with van der Waals surface area (Å²) in [5, 5.41) is 3.09. The molecule has 1 aliphatic rings. The number of rotatable bonds is 5. The molecule has 0 saturated heterocycles. The molecule has 0 atom stereocenters. The maximum Gasteiger partial charge on any atom is 0.224 e. The molecule has 1 aliphatic carbocycles. The average Bonchev–Trinajstić information content (AvgIpc) is 2.91. The molecular weight excluding hydrogens is 238 g/mol. The molecule has 1 N–H and O–H groups in total. The molecule has 3 heteroatoms. The van der Waals surface area contributed by atoms with E-state index in [9.17, 15) is 4.79 Å². The van der Waals surface area contributed by atoms with Gasteiger partial charge in [-0.15, -0.1) is 0 Å². The van der Waals surface area contributed by atoms with Crippen LogP contribution in [-0.4, -0.2) is 19.1 Å². The van der Waals surface area contributed by atoms with Crippen molar-refractivity contribution in [3.05, 3.63) is 35.9 Å². The molecule has 2 rings (SSSR count). The van der Waals surface area contributed by atoms with Crippen LogP contribution in [0.1, 0.15) is 36.8 Å². The van der Waals surface area contributed by atoms with Gasteiger partial charge < -0.3 is 10.1 Å². The molecule has 0 aliphatic heterocycles. The lowest BCUT2D eigenvalue weighted by molar-refractivity contribution is -0.121. The van der Waals surface area contributed by atoms with E-state index in [-0.39, 0.29) is 5.91 Å². The number of hydrogen-bond donors (Lipinski definition) is 1. The minimum absolute atomic E-state index is 0.0801. The molecule has 3 nitrogen and oxygen atoms in total. The molecule has 1 fully saturated rings. The quantitative estimate of drug-likeness (QED) is 0.883. The van der Waals surface area contributed by atoms with Crippen molar-refractivity contribution in [2.75, 3.05) is 7.11 Å². The van der Waals surface area contributed by atoms with Crippen LogP contribution in [0.5, 0.6) is 5.75 Å². The zero-order valence-electron chi connectivity index (χ0n) is 11.4. The topological polar surface area (TPSA) is 38.3 Å². The Morgan fingerprint density at radius 2 is 2.21 bits per heavy atom. The summed E-state index contributed by atoms with van der Waals surface area (Å²) < 4.78 is 5.33. The summed E-state index contributed by atoms with van der Waals surface area (Å²) in [6, 6.07) is 6.16. The summed E-state index contributed by atoms with van der Waals surface area (Å²) in [5.41, 5.74) is 1.92. The molecule has 0 unspecified atom stereocenters. The highest BCUT2D eigenvalue weighted by molar-refractivity contribution is 5.79. The highest BCUT2D eigenvalue weighted by atomic mass is 16.5. The largest absolute Gasteiger partial charge is 0.496 e. The lowest BCUT2D eigenvalue weighted by atomic mass is 10.1. The van der Waals surface area contributed by atoms with E-state index in [4.69, 9.17) is 4.74 Å². The summed E-state index contributed by atoms with van der Waals surface area (Å²) >= 11 is 0. The van der Waals surface area contributed by atoms with Gasteiger partial charge in [-0.25, -0.2) is 0 Å². The number of methoxy groups -OCH3 is 1. The van der Waals surface area contributed by atoms with Crippen molar-refractivity contribution in [3.8, 4) is 5.75 Å². The highest BCUT2D eigenvalue weighted by Gasteiger charge is 2.18. The second-order valence-corrected chi connectivity index (χ2v) is 5.00. The van der Waals surface area contributed by atoms with Crippen LogP contribution in [0.2, 0.25) is 0 Å². The molecule has 102 valence electrons. The first kappa shape index (κ1) is 13.7. The third-order valence-corrected chi connectivity index (χ3v) is 3.62. The summed E-state index contributed by atoms with van der Waals surface area (Å²) in [6.45, 7) is 3.73. The lowest BCUT2D eigenvalue weighted by Crippen LogP contribution is -2.33. The van der Waals surface area contributed by atoms with Crippen LogP contribution in [-0.2, 0) is 11.2 Å². The van der Waals surface area contributed by atoms with Crippen LogP contribution in [0.15, 0.2) is 24.8 Å². The minimum Gasteiger partial charge on any atom is -0.496 e. The van der Waals surface area contributed by atoms with Gasteiger partial charge in [-0.05, 0) is 24.5 Å². The predicted octanol–water partition coefficient (Wildman–Crippen LogP) is 2.94. The van der Waals surface area contributed by atoms with Crippen LogP contribution in [0.3, 0.4) is 0 Å². The molecule has 0 aromatic heterocycles. The van der Waals surface area contributed by atoms with Gasteiger partial charge in [0.2, 0.25) is 5.91 Å². The molecule has 1 amide bonds. The number of amides is 1. The molecule has 1 aromatic rings. The number of ether oxygens (including phenoxy) is 1. The zero-order chi connectivity index (χ0) is 13.7. The molecule has 1 aromatic carbocycles. The van der Waals surface area contributed by atoms with Crippen molar-refractivity contribution in [3.63, 3.8) is 0 Å². The van der Waals surface area contributed by atoms with Crippen LogP contribution in [0.25, 0.3) is 6.08 Å². The van der Waals surface area contributed by atoms with E-state index in [0.717, 1.165) is 29.7 Å². The fourth-order valence-corrected chi connectivity index (χ4v) is 2.56. The van der Waals surface area contributed by atoms with Crippen LogP contribution in [0.4, 0.5) is 0 Å². The normalized spacial score (nSPS) is 15.2. The van der Waals surface area contributed by atoms with E-state index in [1.54, 1.807) is 13.2 Å². The first-order chi connectivity index (χ1) is 9.22.